The monoisotopic (exact) mass is 235 g/mol. The van der Waals surface area contributed by atoms with Crippen molar-refractivity contribution in [2.45, 2.75) is 38.3 Å². The van der Waals surface area contributed by atoms with E-state index in [4.69, 9.17) is 4.74 Å². The molecule has 94 valence electrons. The molecule has 1 aromatic rings. The molecule has 0 amide bonds. The van der Waals surface area contributed by atoms with Gasteiger partial charge in [-0.05, 0) is 25.7 Å². The summed E-state index contributed by atoms with van der Waals surface area (Å²) in [6, 6.07) is 0.573. The maximum Gasteiger partial charge on any atom is 0.0946 e. The molecule has 4 nitrogen and oxygen atoms in total. The normalized spacial score (nSPS) is 26.9. The second kappa shape index (κ2) is 4.78. The summed E-state index contributed by atoms with van der Waals surface area (Å²) in [4.78, 5) is 4.11. The zero-order valence-corrected chi connectivity index (χ0v) is 10.3. The van der Waals surface area contributed by atoms with Crippen LogP contribution in [0.15, 0.2) is 18.7 Å². The van der Waals surface area contributed by atoms with Crippen molar-refractivity contribution in [3.63, 3.8) is 0 Å². The predicted molar refractivity (Wildman–Crippen MR) is 65.7 cm³/mol. The summed E-state index contributed by atoms with van der Waals surface area (Å²) < 4.78 is 7.70. The Balaban J connectivity index is 1.47. The van der Waals surface area contributed by atoms with Crippen molar-refractivity contribution in [1.82, 2.24) is 14.9 Å². The summed E-state index contributed by atoms with van der Waals surface area (Å²) in [5.41, 5.74) is 0.484. The van der Waals surface area contributed by atoms with Gasteiger partial charge in [0.25, 0.3) is 0 Å². The Hall–Kier alpha value is -0.870. The summed E-state index contributed by atoms with van der Waals surface area (Å²) in [5.74, 6) is 0. The van der Waals surface area contributed by atoms with Crippen LogP contribution in [0.5, 0.6) is 0 Å². The van der Waals surface area contributed by atoms with Crippen LogP contribution in [-0.4, -0.2) is 35.4 Å². The number of ether oxygens (including phenoxy) is 1. The van der Waals surface area contributed by atoms with Crippen LogP contribution in [0.1, 0.15) is 25.7 Å². The lowest BCUT2D eigenvalue weighted by molar-refractivity contribution is 0.0682. The highest BCUT2D eigenvalue weighted by Gasteiger charge is 2.42. The molecule has 0 spiro atoms. The van der Waals surface area contributed by atoms with E-state index in [1.807, 2.05) is 12.5 Å². The van der Waals surface area contributed by atoms with Crippen molar-refractivity contribution in [1.29, 1.82) is 0 Å². The van der Waals surface area contributed by atoms with Crippen molar-refractivity contribution in [2.24, 2.45) is 5.41 Å². The van der Waals surface area contributed by atoms with E-state index in [1.165, 1.54) is 25.7 Å². The van der Waals surface area contributed by atoms with Crippen molar-refractivity contribution >= 4 is 0 Å². The van der Waals surface area contributed by atoms with Gasteiger partial charge in [0, 0.05) is 43.5 Å². The zero-order chi connectivity index (χ0) is 11.6. The number of aromatic nitrogens is 2. The van der Waals surface area contributed by atoms with E-state index in [1.54, 1.807) is 0 Å². The molecule has 0 bridgehead atoms. The molecule has 1 aromatic heterocycles. The molecular weight excluding hydrogens is 214 g/mol. The largest absolute Gasteiger partial charge is 0.380 e. The molecule has 0 aromatic carbocycles. The van der Waals surface area contributed by atoms with Crippen molar-refractivity contribution in [3.8, 4) is 0 Å². The van der Waals surface area contributed by atoms with Gasteiger partial charge in [-0.1, -0.05) is 0 Å². The summed E-state index contributed by atoms with van der Waals surface area (Å²) in [6.07, 6.45) is 11.0. The van der Waals surface area contributed by atoms with E-state index in [-0.39, 0.29) is 0 Å². The molecule has 1 saturated carbocycles. The summed E-state index contributed by atoms with van der Waals surface area (Å²) in [7, 11) is 0. The van der Waals surface area contributed by atoms with Gasteiger partial charge in [0.1, 0.15) is 0 Å². The molecule has 1 N–H and O–H groups in total. The molecule has 1 aliphatic carbocycles. The Kier molecular flexibility index (Phi) is 3.16. The lowest BCUT2D eigenvalue weighted by Crippen LogP contribution is -2.40. The minimum absolute atomic E-state index is 0.484. The molecule has 2 heterocycles. The summed E-state index contributed by atoms with van der Waals surface area (Å²) in [6.45, 7) is 4.06. The molecule has 4 heteroatoms. The highest BCUT2D eigenvalue weighted by atomic mass is 16.5. The smallest absolute Gasteiger partial charge is 0.0946 e. The Morgan fingerprint density at radius 1 is 1.47 bits per heavy atom. The number of rotatable bonds is 5. The molecule has 1 saturated heterocycles. The number of hydrogen-bond donors (Lipinski definition) is 1. The molecule has 1 atom stereocenters. The summed E-state index contributed by atoms with van der Waals surface area (Å²) in [5, 5.41) is 3.68. The van der Waals surface area contributed by atoms with Crippen LogP contribution in [-0.2, 0) is 11.3 Å². The fraction of sp³-hybridized carbons (Fsp3) is 0.769. The highest BCUT2D eigenvalue weighted by molar-refractivity contribution is 4.96. The second-order valence-corrected chi connectivity index (χ2v) is 5.53. The molecule has 0 radical (unpaired) electrons. The lowest BCUT2D eigenvalue weighted by Gasteiger charge is -2.26. The van der Waals surface area contributed by atoms with Crippen molar-refractivity contribution < 1.29 is 4.74 Å². The predicted octanol–water partition coefficient (Wildman–Crippen LogP) is 1.43. The maximum absolute atomic E-state index is 5.50. The molecule has 3 rings (SSSR count). The van der Waals surface area contributed by atoms with Gasteiger partial charge in [0.15, 0.2) is 0 Å². The molecular formula is C13H21N3O. The first kappa shape index (κ1) is 11.2. The summed E-state index contributed by atoms with van der Waals surface area (Å²) >= 11 is 0. The SMILES string of the molecule is c1cn(CC2(CNC3CCCOC3)CC2)cn1. The van der Waals surface area contributed by atoms with E-state index in [9.17, 15) is 0 Å². The van der Waals surface area contributed by atoms with Gasteiger partial charge >= 0.3 is 0 Å². The third-order valence-corrected chi connectivity index (χ3v) is 3.96. The van der Waals surface area contributed by atoms with Crippen LogP contribution in [0.4, 0.5) is 0 Å². The zero-order valence-electron chi connectivity index (χ0n) is 10.3. The lowest BCUT2D eigenvalue weighted by atomic mass is 10.1. The van der Waals surface area contributed by atoms with Crippen LogP contribution in [0.3, 0.4) is 0 Å². The first-order valence-electron chi connectivity index (χ1n) is 6.63. The molecule has 2 fully saturated rings. The van der Waals surface area contributed by atoms with Crippen LogP contribution >= 0.6 is 0 Å². The fourth-order valence-corrected chi connectivity index (χ4v) is 2.60. The average molecular weight is 235 g/mol. The van der Waals surface area contributed by atoms with Crippen molar-refractivity contribution in [2.75, 3.05) is 19.8 Å². The van der Waals surface area contributed by atoms with Gasteiger partial charge in [-0.2, -0.15) is 0 Å². The fourth-order valence-electron chi connectivity index (χ4n) is 2.60. The minimum atomic E-state index is 0.484. The van der Waals surface area contributed by atoms with E-state index in [2.05, 4.69) is 21.1 Å². The number of nitrogens with one attached hydrogen (secondary N) is 1. The van der Waals surface area contributed by atoms with Gasteiger partial charge < -0.3 is 14.6 Å². The van der Waals surface area contributed by atoms with Crippen LogP contribution in [0.25, 0.3) is 0 Å². The second-order valence-electron chi connectivity index (χ2n) is 5.53. The van der Waals surface area contributed by atoms with Crippen LogP contribution in [0, 0.1) is 5.41 Å². The Labute approximate surface area is 102 Å². The third-order valence-electron chi connectivity index (χ3n) is 3.96. The van der Waals surface area contributed by atoms with E-state index >= 15 is 0 Å². The average Bonchev–Trinajstić information content (AvgIpc) is 2.93. The van der Waals surface area contributed by atoms with Gasteiger partial charge in [-0.15, -0.1) is 0 Å². The Morgan fingerprint density at radius 2 is 2.41 bits per heavy atom. The quantitative estimate of drug-likeness (QED) is 0.839. The molecule has 1 unspecified atom stereocenters. The maximum atomic E-state index is 5.50. The van der Waals surface area contributed by atoms with Gasteiger partial charge in [-0.25, -0.2) is 4.98 Å². The molecule has 2 aliphatic rings. The highest BCUT2D eigenvalue weighted by Crippen LogP contribution is 2.46. The molecule has 17 heavy (non-hydrogen) atoms. The first-order valence-corrected chi connectivity index (χ1v) is 6.63. The van der Waals surface area contributed by atoms with E-state index < -0.39 is 0 Å². The van der Waals surface area contributed by atoms with Gasteiger partial charge in [0.2, 0.25) is 0 Å². The van der Waals surface area contributed by atoms with E-state index in [0.29, 0.717) is 11.5 Å². The molecule has 1 aliphatic heterocycles. The number of imidazole rings is 1. The third kappa shape index (κ3) is 2.87. The standard InChI is InChI=1S/C13H21N3O/c1-2-12(8-17-7-1)15-9-13(3-4-13)10-16-6-5-14-11-16/h5-6,11-12,15H,1-4,7-10H2. The first-order chi connectivity index (χ1) is 8.36. The van der Waals surface area contributed by atoms with Crippen molar-refractivity contribution in [3.05, 3.63) is 18.7 Å². The van der Waals surface area contributed by atoms with Gasteiger partial charge in [-0.3, -0.25) is 0 Å². The van der Waals surface area contributed by atoms with E-state index in [0.717, 1.165) is 26.3 Å². The topological polar surface area (TPSA) is 39.1 Å². The Bertz CT molecular complexity index is 340. The van der Waals surface area contributed by atoms with Crippen LogP contribution < -0.4 is 5.32 Å². The van der Waals surface area contributed by atoms with Crippen LogP contribution in [0.2, 0.25) is 0 Å². The number of hydrogen-bond acceptors (Lipinski definition) is 3. The number of nitrogens with zero attached hydrogens (tertiary/aromatic N) is 2. The van der Waals surface area contributed by atoms with Gasteiger partial charge in [0.05, 0.1) is 12.9 Å². The minimum Gasteiger partial charge on any atom is -0.380 e. The Morgan fingerprint density at radius 3 is 3.06 bits per heavy atom.